The molecule has 2 heterocycles. The molecule has 0 radical (unpaired) electrons. The van der Waals surface area contributed by atoms with Crippen molar-refractivity contribution in [2.24, 2.45) is 4.99 Å². The first-order valence-electron chi connectivity index (χ1n) is 12.6. The number of methoxy groups -OCH3 is 3. The fourth-order valence-electron chi connectivity index (χ4n) is 5.26. The average molecular weight is 497 g/mol. The van der Waals surface area contributed by atoms with Crippen molar-refractivity contribution in [3.05, 3.63) is 29.3 Å². The summed E-state index contributed by atoms with van der Waals surface area (Å²) in [5.41, 5.74) is 3.40. The van der Waals surface area contributed by atoms with E-state index >= 15 is 0 Å². The Labute approximate surface area is 212 Å². The lowest BCUT2D eigenvalue weighted by atomic mass is 9.92. The lowest BCUT2D eigenvalue weighted by Gasteiger charge is -2.24. The largest absolute Gasteiger partial charge is 0.493 e. The maximum atomic E-state index is 6.21. The Hall–Kier alpha value is -2.97. The number of hydrogen-bond donors (Lipinski definition) is 1. The minimum Gasteiger partial charge on any atom is -0.493 e. The third-order valence-electron chi connectivity index (χ3n) is 7.09. The molecule has 1 aliphatic carbocycles. The molecule has 2 aromatic rings. The first kappa shape index (κ1) is 24.7. The van der Waals surface area contributed by atoms with Crippen LogP contribution in [0.4, 0.5) is 0 Å². The molecule has 0 spiro atoms. The predicted octanol–water partition coefficient (Wildman–Crippen LogP) is 5.26. The molecule has 8 heteroatoms. The maximum Gasteiger partial charge on any atom is 0.231 e. The summed E-state index contributed by atoms with van der Waals surface area (Å²) in [6.07, 6.45) is 7.57. The molecule has 1 unspecified atom stereocenters. The molecule has 0 bridgehead atoms. The van der Waals surface area contributed by atoms with Crippen LogP contribution in [0, 0.1) is 0 Å². The van der Waals surface area contributed by atoms with E-state index in [1.807, 2.05) is 24.4 Å². The minimum absolute atomic E-state index is 0.161. The molecular formula is C28H36N2O6. The van der Waals surface area contributed by atoms with E-state index in [4.69, 9.17) is 33.4 Å². The molecule has 36 heavy (non-hydrogen) atoms. The molecule has 1 saturated heterocycles. The fraction of sp³-hybridized carbons (Fsp3) is 0.536. The highest BCUT2D eigenvalue weighted by Crippen LogP contribution is 2.51. The zero-order chi connectivity index (χ0) is 25.3. The van der Waals surface area contributed by atoms with Crippen LogP contribution < -0.4 is 29.0 Å². The summed E-state index contributed by atoms with van der Waals surface area (Å²) in [7, 11) is 4.89. The highest BCUT2D eigenvalue weighted by Gasteiger charge is 2.36. The number of nitrogens with one attached hydrogen (secondary N) is 1. The van der Waals surface area contributed by atoms with Gasteiger partial charge in [0.1, 0.15) is 6.23 Å². The smallest absolute Gasteiger partial charge is 0.231 e. The van der Waals surface area contributed by atoms with Crippen molar-refractivity contribution in [2.75, 3.05) is 34.7 Å². The van der Waals surface area contributed by atoms with Gasteiger partial charge in [-0.15, -0.1) is 0 Å². The highest BCUT2D eigenvalue weighted by atomic mass is 16.7. The maximum absolute atomic E-state index is 6.21. The van der Waals surface area contributed by atoms with E-state index in [0.717, 1.165) is 35.1 Å². The van der Waals surface area contributed by atoms with Crippen molar-refractivity contribution in [1.29, 1.82) is 0 Å². The van der Waals surface area contributed by atoms with Crippen LogP contribution in [-0.2, 0) is 4.74 Å². The summed E-state index contributed by atoms with van der Waals surface area (Å²) in [6, 6.07) is 6.28. The average Bonchev–Trinajstić information content (AvgIpc) is 3.51. The molecule has 0 aromatic heterocycles. The minimum atomic E-state index is -0.328. The van der Waals surface area contributed by atoms with Gasteiger partial charge in [0.2, 0.25) is 12.5 Å². The lowest BCUT2D eigenvalue weighted by Crippen LogP contribution is -2.36. The molecule has 8 nitrogen and oxygen atoms in total. The van der Waals surface area contributed by atoms with Crippen LogP contribution in [0.5, 0.6) is 28.7 Å². The molecule has 194 valence electrons. The van der Waals surface area contributed by atoms with Gasteiger partial charge in [-0.2, -0.15) is 0 Å². The Morgan fingerprint density at radius 3 is 2.31 bits per heavy atom. The summed E-state index contributed by atoms with van der Waals surface area (Å²) in [6.45, 7) is 5.02. The normalized spacial score (nSPS) is 21.2. The van der Waals surface area contributed by atoms with Crippen LogP contribution in [0.15, 0.2) is 23.2 Å². The fourth-order valence-corrected chi connectivity index (χ4v) is 5.26. The van der Waals surface area contributed by atoms with Gasteiger partial charge in [-0.1, -0.05) is 19.3 Å². The monoisotopic (exact) mass is 496 g/mol. The number of benzene rings is 2. The second kappa shape index (κ2) is 10.2. The van der Waals surface area contributed by atoms with Crippen molar-refractivity contribution in [3.63, 3.8) is 0 Å². The molecule has 3 aliphatic rings. The second-order valence-electron chi connectivity index (χ2n) is 10.2. The van der Waals surface area contributed by atoms with Gasteiger partial charge in [-0.3, -0.25) is 10.3 Å². The van der Waals surface area contributed by atoms with Crippen LogP contribution in [-0.4, -0.2) is 52.5 Å². The van der Waals surface area contributed by atoms with E-state index < -0.39 is 0 Å². The Morgan fingerprint density at radius 2 is 1.67 bits per heavy atom. The highest BCUT2D eigenvalue weighted by molar-refractivity contribution is 5.97. The lowest BCUT2D eigenvalue weighted by molar-refractivity contribution is 0.0991. The topological polar surface area (TPSA) is 79.8 Å². The van der Waals surface area contributed by atoms with E-state index in [1.54, 1.807) is 21.3 Å². The number of fused-ring (bicyclic) bond motifs is 1. The Bertz CT molecular complexity index is 1140. The number of rotatable bonds is 7. The van der Waals surface area contributed by atoms with Gasteiger partial charge in [0.25, 0.3) is 0 Å². The summed E-state index contributed by atoms with van der Waals surface area (Å²) < 4.78 is 35.1. The first-order chi connectivity index (χ1) is 17.4. The molecule has 1 saturated carbocycles. The van der Waals surface area contributed by atoms with Gasteiger partial charge in [0, 0.05) is 34.5 Å². The van der Waals surface area contributed by atoms with Gasteiger partial charge < -0.3 is 28.4 Å². The number of aliphatic imine (C=N–C) groups is 1. The van der Waals surface area contributed by atoms with Gasteiger partial charge in [-0.25, -0.2) is 0 Å². The van der Waals surface area contributed by atoms with Crippen LogP contribution in [0.1, 0.15) is 63.3 Å². The molecule has 2 aliphatic heterocycles. The molecular weight excluding hydrogens is 460 g/mol. The van der Waals surface area contributed by atoms with Gasteiger partial charge in [0.05, 0.1) is 27.9 Å². The number of hydrogen-bond acceptors (Lipinski definition) is 8. The summed E-state index contributed by atoms with van der Waals surface area (Å²) in [4.78, 5) is 4.99. The third kappa shape index (κ3) is 4.72. The van der Waals surface area contributed by atoms with Crippen molar-refractivity contribution >= 4 is 6.21 Å². The van der Waals surface area contributed by atoms with Crippen molar-refractivity contribution in [1.82, 2.24) is 5.32 Å². The Balaban J connectivity index is 1.71. The van der Waals surface area contributed by atoms with Crippen molar-refractivity contribution < 1.29 is 28.4 Å². The number of ether oxygens (including phenoxy) is 6. The molecule has 1 N–H and O–H groups in total. The third-order valence-corrected chi connectivity index (χ3v) is 7.09. The van der Waals surface area contributed by atoms with E-state index in [2.05, 4.69) is 19.2 Å². The predicted molar refractivity (Wildman–Crippen MR) is 138 cm³/mol. The van der Waals surface area contributed by atoms with Gasteiger partial charge >= 0.3 is 0 Å². The van der Waals surface area contributed by atoms with Gasteiger partial charge in [-0.05, 0) is 50.5 Å². The zero-order valence-corrected chi connectivity index (χ0v) is 21.8. The summed E-state index contributed by atoms with van der Waals surface area (Å²) in [5, 5.41) is 3.59. The second-order valence-corrected chi connectivity index (χ2v) is 10.2. The van der Waals surface area contributed by atoms with Crippen molar-refractivity contribution in [3.8, 4) is 39.9 Å². The molecule has 2 aromatic carbocycles. The van der Waals surface area contributed by atoms with E-state index in [-0.39, 0.29) is 18.6 Å². The van der Waals surface area contributed by atoms with E-state index in [0.29, 0.717) is 41.4 Å². The number of nitrogens with zero attached hydrogens (tertiary/aromatic N) is 1. The molecule has 0 amide bonds. The van der Waals surface area contributed by atoms with Crippen molar-refractivity contribution in [2.45, 2.75) is 63.8 Å². The Kier molecular flexibility index (Phi) is 6.99. The van der Waals surface area contributed by atoms with Gasteiger partial charge in [0.15, 0.2) is 23.0 Å². The molecule has 5 rings (SSSR count). The SMILES string of the molecule is COc1cc(C=NC2CCCCC2)c(-c2cc3c(cc2C2NC(C)(C)CO2)OCO3)c(OC)c1OC. The van der Waals surface area contributed by atoms with Crippen LogP contribution in [0.3, 0.4) is 0 Å². The molecule has 2 fully saturated rings. The van der Waals surface area contributed by atoms with E-state index in [9.17, 15) is 0 Å². The van der Waals surface area contributed by atoms with E-state index in [1.165, 1.54) is 19.3 Å². The summed E-state index contributed by atoms with van der Waals surface area (Å²) in [5.74, 6) is 3.05. The first-order valence-corrected chi connectivity index (χ1v) is 12.6. The van der Waals surface area contributed by atoms with Crippen LogP contribution in [0.25, 0.3) is 11.1 Å². The van der Waals surface area contributed by atoms with Crippen LogP contribution in [0.2, 0.25) is 0 Å². The summed E-state index contributed by atoms with van der Waals surface area (Å²) >= 11 is 0. The standard InChI is InChI=1S/C28H36N2O6/c1-28(2)15-34-27(30-28)20-13-22-21(35-16-36-22)12-19(20)24-17(14-29-18-9-7-6-8-10-18)11-23(31-3)25(32-4)26(24)33-5/h11-14,18,27,30H,6-10,15-16H2,1-5H3. The zero-order valence-electron chi connectivity index (χ0n) is 21.8. The van der Waals surface area contributed by atoms with Crippen LogP contribution >= 0.6 is 0 Å². The molecule has 1 atom stereocenters. The quantitative estimate of drug-likeness (QED) is 0.524. The Morgan fingerprint density at radius 1 is 0.944 bits per heavy atom.